The Hall–Kier alpha value is -2.08. The fraction of sp³-hybridized carbons (Fsp3) is 0.600. The first-order valence-electron chi connectivity index (χ1n) is 9.79. The van der Waals surface area contributed by atoms with Crippen LogP contribution in [0.2, 0.25) is 0 Å². The normalized spacial score (nSPS) is 18.4. The topological polar surface area (TPSA) is 55.9 Å². The summed E-state index contributed by atoms with van der Waals surface area (Å²) >= 11 is 0. The van der Waals surface area contributed by atoms with Gasteiger partial charge in [0.05, 0.1) is 0 Å². The molecule has 1 aromatic carbocycles. The number of benzene rings is 1. The molecule has 0 aromatic heterocycles. The molecule has 6 heteroatoms. The lowest BCUT2D eigenvalue weighted by atomic mass is 10.1. The SMILES string of the molecule is O=C1CCCN1CCCNC(=O)N1CCN(CCc2ccccc2)CC1. The highest BCUT2D eigenvalue weighted by Gasteiger charge is 2.21. The van der Waals surface area contributed by atoms with Gasteiger partial charge in [-0.05, 0) is 24.8 Å². The summed E-state index contributed by atoms with van der Waals surface area (Å²) in [6.45, 7) is 6.74. The van der Waals surface area contributed by atoms with Crippen LogP contribution in [0.3, 0.4) is 0 Å². The third kappa shape index (κ3) is 5.46. The molecule has 26 heavy (non-hydrogen) atoms. The molecule has 1 aromatic rings. The van der Waals surface area contributed by atoms with Gasteiger partial charge in [-0.1, -0.05) is 30.3 Å². The van der Waals surface area contributed by atoms with Crippen LogP contribution in [0.25, 0.3) is 0 Å². The van der Waals surface area contributed by atoms with Crippen LogP contribution in [-0.4, -0.2) is 79.0 Å². The number of carbonyl (C=O) groups excluding carboxylic acids is 2. The summed E-state index contributed by atoms with van der Waals surface area (Å²) in [5.74, 6) is 0.253. The molecule has 3 rings (SSSR count). The van der Waals surface area contributed by atoms with Crippen molar-refractivity contribution in [3.8, 4) is 0 Å². The molecule has 3 amide bonds. The van der Waals surface area contributed by atoms with Crippen molar-refractivity contribution in [1.82, 2.24) is 20.0 Å². The first kappa shape index (κ1) is 18.7. The minimum absolute atomic E-state index is 0.0282. The first-order valence-corrected chi connectivity index (χ1v) is 9.79. The summed E-state index contributed by atoms with van der Waals surface area (Å²) in [5.41, 5.74) is 1.36. The standard InChI is InChI=1S/C20H30N4O2/c25-19-8-4-11-23(19)12-5-10-21-20(26)24-16-14-22(15-17-24)13-9-18-6-2-1-3-7-18/h1-3,6-7H,4-5,8-17H2,(H,21,26). The predicted octanol–water partition coefficient (Wildman–Crippen LogP) is 1.57. The Morgan fingerprint density at radius 1 is 1.00 bits per heavy atom. The summed E-state index contributed by atoms with van der Waals surface area (Å²) in [4.78, 5) is 30.0. The Kier molecular flexibility index (Phi) is 6.89. The maximum Gasteiger partial charge on any atom is 0.317 e. The average Bonchev–Trinajstić information content (AvgIpc) is 3.09. The molecule has 1 N–H and O–H groups in total. The summed E-state index contributed by atoms with van der Waals surface area (Å²) in [5, 5.41) is 2.99. The second kappa shape index (κ2) is 9.57. The third-order valence-corrected chi connectivity index (χ3v) is 5.27. The molecule has 2 heterocycles. The molecule has 142 valence electrons. The van der Waals surface area contributed by atoms with Crippen LogP contribution in [0, 0.1) is 0 Å². The molecule has 0 unspecified atom stereocenters. The van der Waals surface area contributed by atoms with Gasteiger partial charge >= 0.3 is 6.03 Å². The number of urea groups is 1. The Labute approximate surface area is 156 Å². The summed E-state index contributed by atoms with van der Waals surface area (Å²) < 4.78 is 0. The van der Waals surface area contributed by atoms with Crippen molar-refractivity contribution in [2.24, 2.45) is 0 Å². The van der Waals surface area contributed by atoms with Crippen LogP contribution in [0.1, 0.15) is 24.8 Å². The fourth-order valence-electron chi connectivity index (χ4n) is 3.62. The van der Waals surface area contributed by atoms with Crippen LogP contribution in [0.15, 0.2) is 30.3 Å². The van der Waals surface area contributed by atoms with Crippen molar-refractivity contribution >= 4 is 11.9 Å². The summed E-state index contributed by atoms with van der Waals surface area (Å²) in [6.07, 6.45) is 3.54. The molecule has 0 bridgehead atoms. The zero-order valence-electron chi connectivity index (χ0n) is 15.5. The molecule has 2 fully saturated rings. The van der Waals surface area contributed by atoms with Gasteiger partial charge in [-0.3, -0.25) is 9.69 Å². The molecule has 6 nitrogen and oxygen atoms in total. The lowest BCUT2D eigenvalue weighted by Gasteiger charge is -2.34. The number of amides is 3. The van der Waals surface area contributed by atoms with Crippen LogP contribution in [0.4, 0.5) is 4.79 Å². The average molecular weight is 358 g/mol. The largest absolute Gasteiger partial charge is 0.343 e. The van der Waals surface area contributed by atoms with E-state index in [-0.39, 0.29) is 11.9 Å². The molecule has 0 aliphatic carbocycles. The number of nitrogens with one attached hydrogen (secondary N) is 1. The van der Waals surface area contributed by atoms with Gasteiger partial charge in [-0.25, -0.2) is 4.79 Å². The number of piperazine rings is 1. The highest BCUT2D eigenvalue weighted by molar-refractivity contribution is 5.78. The lowest BCUT2D eigenvalue weighted by Crippen LogP contribution is -2.52. The van der Waals surface area contributed by atoms with E-state index in [2.05, 4.69) is 34.5 Å². The van der Waals surface area contributed by atoms with E-state index in [1.807, 2.05) is 15.9 Å². The maximum atomic E-state index is 12.3. The molecule has 2 aliphatic heterocycles. The predicted molar refractivity (Wildman–Crippen MR) is 102 cm³/mol. The van der Waals surface area contributed by atoms with Crippen molar-refractivity contribution in [3.05, 3.63) is 35.9 Å². The summed E-state index contributed by atoms with van der Waals surface area (Å²) in [7, 11) is 0. The second-order valence-corrected chi connectivity index (χ2v) is 7.13. The van der Waals surface area contributed by atoms with Crippen molar-refractivity contribution in [1.29, 1.82) is 0 Å². The fourth-order valence-corrected chi connectivity index (χ4v) is 3.62. The van der Waals surface area contributed by atoms with Gasteiger partial charge in [0.2, 0.25) is 5.91 Å². The molecule has 0 saturated carbocycles. The van der Waals surface area contributed by atoms with Crippen molar-refractivity contribution in [2.45, 2.75) is 25.7 Å². The molecule has 0 spiro atoms. The van der Waals surface area contributed by atoms with E-state index in [0.717, 1.165) is 65.1 Å². The smallest absolute Gasteiger partial charge is 0.317 e. The van der Waals surface area contributed by atoms with Gasteiger partial charge in [-0.2, -0.15) is 0 Å². The van der Waals surface area contributed by atoms with E-state index in [9.17, 15) is 9.59 Å². The van der Waals surface area contributed by atoms with E-state index in [1.165, 1.54) is 5.56 Å². The third-order valence-electron chi connectivity index (χ3n) is 5.27. The van der Waals surface area contributed by atoms with E-state index < -0.39 is 0 Å². The van der Waals surface area contributed by atoms with Gasteiger partial charge in [0, 0.05) is 58.8 Å². The second-order valence-electron chi connectivity index (χ2n) is 7.13. The Morgan fingerprint density at radius 2 is 1.77 bits per heavy atom. The molecule has 0 radical (unpaired) electrons. The minimum atomic E-state index is 0.0282. The quantitative estimate of drug-likeness (QED) is 0.753. The van der Waals surface area contributed by atoms with Crippen molar-refractivity contribution in [3.63, 3.8) is 0 Å². The van der Waals surface area contributed by atoms with E-state index in [0.29, 0.717) is 13.0 Å². The van der Waals surface area contributed by atoms with Gasteiger partial charge < -0.3 is 15.1 Å². The molecular weight excluding hydrogens is 328 g/mol. The number of hydrogen-bond donors (Lipinski definition) is 1. The molecule has 0 atom stereocenters. The van der Waals surface area contributed by atoms with E-state index >= 15 is 0 Å². The highest BCUT2D eigenvalue weighted by atomic mass is 16.2. The Balaban J connectivity index is 1.27. The van der Waals surface area contributed by atoms with Crippen molar-refractivity contribution < 1.29 is 9.59 Å². The van der Waals surface area contributed by atoms with Crippen LogP contribution in [-0.2, 0) is 11.2 Å². The van der Waals surface area contributed by atoms with Gasteiger partial charge in [0.15, 0.2) is 0 Å². The molecule has 2 aliphatic rings. The number of nitrogens with zero attached hydrogens (tertiary/aromatic N) is 3. The van der Waals surface area contributed by atoms with Gasteiger partial charge in [-0.15, -0.1) is 0 Å². The lowest BCUT2D eigenvalue weighted by molar-refractivity contribution is -0.127. The van der Waals surface area contributed by atoms with Gasteiger partial charge in [0.1, 0.15) is 0 Å². The van der Waals surface area contributed by atoms with Crippen LogP contribution < -0.4 is 5.32 Å². The number of rotatable bonds is 7. The van der Waals surface area contributed by atoms with Crippen LogP contribution in [0.5, 0.6) is 0 Å². The highest BCUT2D eigenvalue weighted by Crippen LogP contribution is 2.09. The zero-order chi connectivity index (χ0) is 18.2. The van der Waals surface area contributed by atoms with E-state index in [1.54, 1.807) is 0 Å². The zero-order valence-corrected chi connectivity index (χ0v) is 15.5. The molecular formula is C20H30N4O2. The monoisotopic (exact) mass is 358 g/mol. The van der Waals surface area contributed by atoms with Crippen molar-refractivity contribution in [2.75, 3.05) is 52.4 Å². The maximum absolute atomic E-state index is 12.3. The van der Waals surface area contributed by atoms with Crippen LogP contribution >= 0.6 is 0 Å². The Morgan fingerprint density at radius 3 is 2.46 bits per heavy atom. The first-order chi connectivity index (χ1) is 12.7. The number of likely N-dealkylation sites (tertiary alicyclic amines) is 1. The number of carbonyl (C=O) groups is 2. The van der Waals surface area contributed by atoms with E-state index in [4.69, 9.17) is 0 Å². The minimum Gasteiger partial charge on any atom is -0.343 e. The number of hydrogen-bond acceptors (Lipinski definition) is 3. The summed E-state index contributed by atoms with van der Waals surface area (Å²) in [6, 6.07) is 10.6. The molecule has 2 saturated heterocycles. The Bertz CT molecular complexity index is 585. The van der Waals surface area contributed by atoms with Gasteiger partial charge in [0.25, 0.3) is 0 Å².